The van der Waals surface area contributed by atoms with Gasteiger partial charge in [0.25, 0.3) is 0 Å². The normalized spacial score (nSPS) is 11.7. The number of hydrogen-bond acceptors (Lipinski definition) is 3. The lowest BCUT2D eigenvalue weighted by atomic mass is 10.1. The summed E-state index contributed by atoms with van der Waals surface area (Å²) in [5.74, 6) is 0.238. The molecule has 3 heterocycles. The van der Waals surface area contributed by atoms with Gasteiger partial charge in [0.1, 0.15) is 5.75 Å². The average molecular weight is 300 g/mol. The lowest BCUT2D eigenvalue weighted by Crippen LogP contribution is -1.88. The molecule has 0 radical (unpaired) electrons. The van der Waals surface area contributed by atoms with E-state index in [4.69, 9.17) is 4.98 Å². The van der Waals surface area contributed by atoms with Crippen LogP contribution in [0.3, 0.4) is 0 Å². The molecule has 0 bridgehead atoms. The van der Waals surface area contributed by atoms with E-state index < -0.39 is 0 Å². The lowest BCUT2D eigenvalue weighted by Gasteiger charge is -2.04. The molecule has 5 rings (SSSR count). The first kappa shape index (κ1) is 12.2. The van der Waals surface area contributed by atoms with Crippen LogP contribution in [0.1, 0.15) is 0 Å². The predicted molar refractivity (Wildman–Crippen MR) is 90.4 cm³/mol. The molecule has 0 atom stereocenters. The lowest BCUT2D eigenvalue weighted by molar-refractivity contribution is 0.475. The Morgan fingerprint density at radius 2 is 1.74 bits per heavy atom. The van der Waals surface area contributed by atoms with Gasteiger partial charge in [-0.3, -0.25) is 0 Å². The van der Waals surface area contributed by atoms with Crippen molar-refractivity contribution in [1.82, 2.24) is 19.9 Å². The second-order valence-electron chi connectivity index (χ2n) is 5.53. The Bertz CT molecular complexity index is 1170. The molecule has 0 amide bonds. The van der Waals surface area contributed by atoms with Crippen molar-refractivity contribution in [2.24, 2.45) is 0 Å². The molecule has 3 aromatic heterocycles. The number of phenolic OH excluding ortho intramolecular Hbond substituents is 1. The smallest absolute Gasteiger partial charge is 0.178 e. The third kappa shape index (κ3) is 1.67. The van der Waals surface area contributed by atoms with Crippen LogP contribution in [0.2, 0.25) is 0 Å². The van der Waals surface area contributed by atoms with Gasteiger partial charge in [-0.1, -0.05) is 18.2 Å². The van der Waals surface area contributed by atoms with E-state index in [1.165, 1.54) is 0 Å². The van der Waals surface area contributed by atoms with Gasteiger partial charge < -0.3 is 15.1 Å². The van der Waals surface area contributed by atoms with Crippen LogP contribution in [-0.4, -0.2) is 25.0 Å². The molecule has 0 aliphatic rings. The Labute approximate surface area is 130 Å². The molecule has 0 unspecified atom stereocenters. The van der Waals surface area contributed by atoms with Crippen LogP contribution in [0.25, 0.3) is 44.2 Å². The number of rotatable bonds is 1. The topological polar surface area (TPSA) is 77.6 Å². The van der Waals surface area contributed by atoms with Crippen molar-refractivity contribution in [2.75, 3.05) is 0 Å². The van der Waals surface area contributed by atoms with Crippen molar-refractivity contribution in [3.63, 3.8) is 0 Å². The fourth-order valence-electron chi connectivity index (χ4n) is 3.13. The number of H-pyrrole nitrogens is 2. The van der Waals surface area contributed by atoms with Gasteiger partial charge in [-0.05, 0) is 30.3 Å². The summed E-state index contributed by atoms with van der Waals surface area (Å²) in [7, 11) is 0. The molecule has 23 heavy (non-hydrogen) atoms. The maximum Gasteiger partial charge on any atom is 0.178 e. The number of phenols is 1. The summed E-state index contributed by atoms with van der Waals surface area (Å²) in [6.45, 7) is 0. The molecule has 5 aromatic rings. The van der Waals surface area contributed by atoms with Crippen molar-refractivity contribution in [3.8, 4) is 17.0 Å². The summed E-state index contributed by atoms with van der Waals surface area (Å²) >= 11 is 0. The summed E-state index contributed by atoms with van der Waals surface area (Å²) < 4.78 is 0. The second kappa shape index (κ2) is 4.33. The van der Waals surface area contributed by atoms with E-state index in [0.717, 1.165) is 38.6 Å². The van der Waals surface area contributed by atoms with Gasteiger partial charge >= 0.3 is 0 Å². The Morgan fingerprint density at radius 3 is 2.61 bits per heavy atom. The molecule has 0 fully saturated rings. The fraction of sp³-hybridized carbons (Fsp3) is 0. The van der Waals surface area contributed by atoms with Gasteiger partial charge in [0.2, 0.25) is 0 Å². The van der Waals surface area contributed by atoms with Crippen LogP contribution < -0.4 is 0 Å². The van der Waals surface area contributed by atoms with Crippen molar-refractivity contribution < 1.29 is 5.11 Å². The number of fused-ring (bicyclic) bond motifs is 5. The van der Waals surface area contributed by atoms with E-state index in [-0.39, 0.29) is 5.75 Å². The maximum absolute atomic E-state index is 9.52. The van der Waals surface area contributed by atoms with Crippen LogP contribution in [-0.2, 0) is 0 Å². The predicted octanol–water partition coefficient (Wildman–Crippen LogP) is 3.97. The number of nitrogens with zero attached hydrogens (tertiary/aromatic N) is 2. The van der Waals surface area contributed by atoms with Crippen molar-refractivity contribution in [2.45, 2.75) is 0 Å². The number of aromatic amines is 2. The molecule has 0 aliphatic heterocycles. The number of benzene rings is 2. The summed E-state index contributed by atoms with van der Waals surface area (Å²) in [6, 6.07) is 15.2. The summed E-state index contributed by atoms with van der Waals surface area (Å²) in [6.07, 6.45) is 1.67. The molecular weight excluding hydrogens is 288 g/mol. The maximum atomic E-state index is 9.52. The van der Waals surface area contributed by atoms with E-state index in [2.05, 4.69) is 27.1 Å². The number of imidazole rings is 1. The molecule has 0 saturated carbocycles. The minimum Gasteiger partial charge on any atom is -0.508 e. The van der Waals surface area contributed by atoms with Crippen LogP contribution in [0.15, 0.2) is 54.9 Å². The summed E-state index contributed by atoms with van der Waals surface area (Å²) in [4.78, 5) is 15.7. The monoisotopic (exact) mass is 300 g/mol. The first-order chi connectivity index (χ1) is 11.3. The molecule has 110 valence electrons. The molecule has 0 spiro atoms. The van der Waals surface area contributed by atoms with Crippen molar-refractivity contribution in [3.05, 3.63) is 54.9 Å². The van der Waals surface area contributed by atoms with E-state index in [0.29, 0.717) is 5.65 Å². The summed E-state index contributed by atoms with van der Waals surface area (Å²) in [5, 5.41) is 11.8. The third-order valence-corrected chi connectivity index (χ3v) is 4.17. The number of aromatic hydroxyl groups is 1. The highest BCUT2D eigenvalue weighted by Gasteiger charge is 2.16. The van der Waals surface area contributed by atoms with Crippen LogP contribution in [0.4, 0.5) is 0 Å². The zero-order valence-corrected chi connectivity index (χ0v) is 12.0. The largest absolute Gasteiger partial charge is 0.508 e. The van der Waals surface area contributed by atoms with Crippen LogP contribution >= 0.6 is 0 Å². The highest BCUT2D eigenvalue weighted by Crippen LogP contribution is 2.35. The van der Waals surface area contributed by atoms with Crippen LogP contribution in [0.5, 0.6) is 5.75 Å². The SMILES string of the molecule is Oc1ccc(-c2nc3nc[nH]c3c3c2[nH]c2ccccc23)cc1. The standard InChI is InChI=1S/C18H12N4O/c23-11-7-5-10(6-8-11)15-16-14(17-18(22-15)20-9-19-17)12-3-1-2-4-13(12)21-16/h1-9,21,23H,(H,19,20,22). The zero-order valence-electron chi connectivity index (χ0n) is 12.0. The Kier molecular flexibility index (Phi) is 2.30. The Hall–Kier alpha value is -3.34. The molecular formula is C18H12N4O. The number of pyridine rings is 1. The highest BCUT2D eigenvalue weighted by molar-refractivity contribution is 6.20. The number of aromatic nitrogens is 4. The summed E-state index contributed by atoms with van der Waals surface area (Å²) in [5.41, 5.74) is 5.41. The van der Waals surface area contributed by atoms with Gasteiger partial charge in [0.05, 0.1) is 23.1 Å². The number of para-hydroxylation sites is 1. The minimum absolute atomic E-state index is 0.238. The molecule has 5 heteroatoms. The van der Waals surface area contributed by atoms with Crippen molar-refractivity contribution in [1.29, 1.82) is 0 Å². The van der Waals surface area contributed by atoms with E-state index in [1.54, 1.807) is 18.5 Å². The number of hydrogen-bond donors (Lipinski definition) is 3. The average Bonchev–Trinajstić information content (AvgIpc) is 3.18. The van der Waals surface area contributed by atoms with Gasteiger partial charge in [-0.25, -0.2) is 9.97 Å². The minimum atomic E-state index is 0.238. The fourth-order valence-corrected chi connectivity index (χ4v) is 3.13. The van der Waals surface area contributed by atoms with Gasteiger partial charge in [-0.2, -0.15) is 0 Å². The highest BCUT2D eigenvalue weighted by atomic mass is 16.3. The van der Waals surface area contributed by atoms with Crippen molar-refractivity contribution >= 4 is 33.0 Å². The first-order valence-corrected chi connectivity index (χ1v) is 7.34. The third-order valence-electron chi connectivity index (χ3n) is 4.17. The molecule has 0 saturated heterocycles. The molecule has 0 aliphatic carbocycles. The van der Waals surface area contributed by atoms with Gasteiger partial charge in [0.15, 0.2) is 5.65 Å². The van der Waals surface area contributed by atoms with E-state index in [9.17, 15) is 5.11 Å². The van der Waals surface area contributed by atoms with E-state index in [1.807, 2.05) is 24.3 Å². The Morgan fingerprint density at radius 1 is 0.913 bits per heavy atom. The van der Waals surface area contributed by atoms with Gasteiger partial charge in [0, 0.05) is 21.9 Å². The number of nitrogens with one attached hydrogen (secondary N) is 2. The molecule has 2 aromatic carbocycles. The quantitative estimate of drug-likeness (QED) is 0.438. The van der Waals surface area contributed by atoms with Crippen LogP contribution in [0, 0.1) is 0 Å². The zero-order chi connectivity index (χ0) is 15.4. The Balaban J connectivity index is 1.99. The first-order valence-electron chi connectivity index (χ1n) is 7.34. The molecule has 5 nitrogen and oxygen atoms in total. The molecule has 3 N–H and O–H groups in total. The van der Waals surface area contributed by atoms with E-state index >= 15 is 0 Å². The van der Waals surface area contributed by atoms with Gasteiger partial charge in [-0.15, -0.1) is 0 Å². The second-order valence-corrected chi connectivity index (χ2v) is 5.53.